The minimum atomic E-state index is -4.76. The highest BCUT2D eigenvalue weighted by Gasteiger charge is 2.09. The Labute approximate surface area is 31.8 Å². The van der Waals surface area contributed by atoms with Gasteiger partial charge in [-0.15, -0.1) is 0 Å². The fraction of sp³-hybridized carbons (Fsp3) is 0.500. The molecule has 0 aliphatic carbocycles. The van der Waals surface area contributed by atoms with Gasteiger partial charge in [0.05, 0.1) is 0 Å². The van der Waals surface area contributed by atoms with Crippen molar-refractivity contribution >= 4 is 6.29 Å². The molecule has 0 saturated carbocycles. The maximum Gasteiger partial charge on any atom is 0.298 e. The summed E-state index contributed by atoms with van der Waals surface area (Å²) in [4.78, 5) is 8.58. The second kappa shape index (κ2) is 1.28. The highest BCUT2D eigenvalue weighted by molar-refractivity contribution is 5.57. The first-order chi connectivity index (χ1) is 2.56. The van der Waals surface area contributed by atoms with Crippen LogP contribution < -0.4 is 0 Å². The van der Waals surface area contributed by atoms with Crippen molar-refractivity contribution in [1.82, 2.24) is 0 Å². The van der Waals surface area contributed by atoms with Gasteiger partial charge in [0.2, 0.25) is 0 Å². The predicted octanol–water partition coefficient (Wildman–Crippen LogP) is 0.658. The van der Waals surface area contributed by atoms with Crippen LogP contribution in [0.25, 0.3) is 0 Å². The van der Waals surface area contributed by atoms with Gasteiger partial charge in [-0.2, -0.15) is 6.29 Å². The van der Waals surface area contributed by atoms with Crippen LogP contribution in [0.5, 0.6) is 0 Å². The Morgan fingerprint density at radius 3 is 1.50 bits per heavy atom. The smallest absolute Gasteiger partial charge is 0.298 e. The largest absolute Gasteiger partial charge is 0.533 e. The van der Waals surface area contributed by atoms with Crippen LogP contribution in [0.2, 0.25) is 0 Å². The van der Waals surface area contributed by atoms with Gasteiger partial charge in [-0.1, -0.05) is 0 Å². The number of carbonyl (C=O) groups excluding carboxylic acids is 1. The summed E-state index contributed by atoms with van der Waals surface area (Å²) in [5.41, 5.74) is 0. The lowest BCUT2D eigenvalue weighted by Crippen LogP contribution is -2.06. The van der Waals surface area contributed by atoms with Crippen molar-refractivity contribution in [2.45, 2.75) is 6.18 Å². The number of alkyl halides is 3. The first-order valence-electron chi connectivity index (χ1n) is 1.02. The van der Waals surface area contributed by atoms with Crippen LogP contribution in [0.1, 0.15) is 0 Å². The molecule has 36 valence electrons. The van der Waals surface area contributed by atoms with Crippen LogP contribution in [0.3, 0.4) is 0 Å². The van der Waals surface area contributed by atoms with Crippen molar-refractivity contribution in [2.24, 2.45) is 0 Å². The van der Waals surface area contributed by atoms with Gasteiger partial charge in [0, 0.05) is 0 Å². The third-order valence-corrected chi connectivity index (χ3v) is 0.116. The zero-order valence-electron chi connectivity index (χ0n) is 2.54. The van der Waals surface area contributed by atoms with Crippen LogP contribution in [0.15, 0.2) is 0 Å². The Kier molecular flexibility index (Phi) is 1.16. The van der Waals surface area contributed by atoms with Gasteiger partial charge < -0.3 is 4.79 Å². The summed E-state index contributed by atoms with van der Waals surface area (Å²) >= 11 is 0. The SMILES string of the molecule is O=[C-]C(F)(F)F. The summed E-state index contributed by atoms with van der Waals surface area (Å²) in [7, 11) is 0. The van der Waals surface area contributed by atoms with E-state index in [2.05, 4.69) is 0 Å². The lowest BCUT2D eigenvalue weighted by Gasteiger charge is -2.01. The molecule has 0 fully saturated rings. The van der Waals surface area contributed by atoms with E-state index >= 15 is 0 Å². The summed E-state index contributed by atoms with van der Waals surface area (Å²) in [6, 6.07) is 0. The van der Waals surface area contributed by atoms with Crippen molar-refractivity contribution in [3.8, 4) is 0 Å². The first kappa shape index (κ1) is 5.46. The van der Waals surface area contributed by atoms with E-state index in [9.17, 15) is 13.2 Å². The number of rotatable bonds is 0. The second-order valence-electron chi connectivity index (χ2n) is 0.600. The molecule has 1 nitrogen and oxygen atoms in total. The summed E-state index contributed by atoms with van der Waals surface area (Å²) in [5.74, 6) is 0. The van der Waals surface area contributed by atoms with Crippen LogP contribution in [-0.4, -0.2) is 12.5 Å². The van der Waals surface area contributed by atoms with Gasteiger partial charge in [0.25, 0.3) is 6.18 Å². The molecule has 0 rings (SSSR count). The van der Waals surface area contributed by atoms with Crippen molar-refractivity contribution < 1.29 is 18.0 Å². The molecular weight excluding hydrogens is 97.0 g/mol. The molecule has 0 spiro atoms. The van der Waals surface area contributed by atoms with Gasteiger partial charge in [-0.05, 0) is 0 Å². The molecule has 0 unspecified atom stereocenters. The van der Waals surface area contributed by atoms with Crippen molar-refractivity contribution in [1.29, 1.82) is 0 Å². The third-order valence-electron chi connectivity index (χ3n) is 0.116. The fourth-order valence-corrected chi connectivity index (χ4v) is 0. The van der Waals surface area contributed by atoms with Crippen molar-refractivity contribution in [2.75, 3.05) is 0 Å². The highest BCUT2D eigenvalue weighted by atomic mass is 19.4. The van der Waals surface area contributed by atoms with Crippen LogP contribution in [0.4, 0.5) is 13.2 Å². The van der Waals surface area contributed by atoms with Crippen LogP contribution >= 0.6 is 0 Å². The third kappa shape index (κ3) is 3.46. The van der Waals surface area contributed by atoms with Gasteiger partial charge in [-0.25, -0.2) is 13.2 Å². The Balaban J connectivity index is 3.45. The Morgan fingerprint density at radius 1 is 1.33 bits per heavy atom. The predicted molar refractivity (Wildman–Crippen MR) is 11.7 cm³/mol. The van der Waals surface area contributed by atoms with Crippen LogP contribution in [0, 0.1) is 0 Å². The van der Waals surface area contributed by atoms with Crippen molar-refractivity contribution in [3.05, 3.63) is 0 Å². The van der Waals surface area contributed by atoms with E-state index in [0.717, 1.165) is 0 Å². The minimum absolute atomic E-state index is 0.146. The zero-order valence-corrected chi connectivity index (χ0v) is 2.54. The van der Waals surface area contributed by atoms with Gasteiger partial charge in [0.1, 0.15) is 0 Å². The topological polar surface area (TPSA) is 17.1 Å². The quantitative estimate of drug-likeness (QED) is 0.406. The van der Waals surface area contributed by atoms with E-state index in [4.69, 9.17) is 4.79 Å². The molecule has 0 aromatic carbocycles. The monoisotopic (exact) mass is 97.0 g/mol. The molecule has 0 aromatic rings. The van der Waals surface area contributed by atoms with Gasteiger partial charge in [-0.3, -0.25) is 0 Å². The molecule has 0 bridgehead atoms. The maximum atomic E-state index is 10.4. The second-order valence-corrected chi connectivity index (χ2v) is 0.600. The fourth-order valence-electron chi connectivity index (χ4n) is 0. The number of halogens is 3. The molecular formula is C2F3O-. The van der Waals surface area contributed by atoms with E-state index in [0.29, 0.717) is 0 Å². The number of hydrogen-bond acceptors (Lipinski definition) is 1. The van der Waals surface area contributed by atoms with Crippen molar-refractivity contribution in [3.63, 3.8) is 0 Å². The molecule has 0 amide bonds. The van der Waals surface area contributed by atoms with Crippen LogP contribution in [-0.2, 0) is 4.79 Å². The number of hydrogen-bond donors (Lipinski definition) is 0. The molecule has 4 heteroatoms. The molecule has 6 heavy (non-hydrogen) atoms. The van der Waals surface area contributed by atoms with E-state index in [-0.39, 0.29) is 6.29 Å². The molecule has 0 aliphatic rings. The average Bonchev–Trinajstić information content (AvgIpc) is 1.35. The summed E-state index contributed by atoms with van der Waals surface area (Å²) in [6.45, 7) is 0. The van der Waals surface area contributed by atoms with E-state index in [1.54, 1.807) is 0 Å². The first-order valence-corrected chi connectivity index (χ1v) is 1.02. The van der Waals surface area contributed by atoms with E-state index in [1.165, 1.54) is 0 Å². The molecule has 0 aromatic heterocycles. The molecule has 0 radical (unpaired) electrons. The summed E-state index contributed by atoms with van der Waals surface area (Å²) in [6.07, 6.45) is -4.91. The standard InChI is InChI=1S/C2F3O/c3-2(4,5)1-6/q-1. The highest BCUT2D eigenvalue weighted by Crippen LogP contribution is 2.08. The Morgan fingerprint density at radius 2 is 1.50 bits per heavy atom. The average molecular weight is 97.0 g/mol. The summed E-state index contributed by atoms with van der Waals surface area (Å²) < 4.78 is 31.1. The zero-order chi connectivity index (χ0) is 5.21. The Hall–Kier alpha value is -0.540. The summed E-state index contributed by atoms with van der Waals surface area (Å²) in [5, 5.41) is 0. The molecule has 0 aliphatic heterocycles. The molecule has 0 heterocycles. The molecule has 0 atom stereocenters. The minimum Gasteiger partial charge on any atom is -0.533 e. The molecule has 0 N–H and O–H groups in total. The lowest BCUT2D eigenvalue weighted by molar-refractivity contribution is -0.0600. The normalized spacial score (nSPS) is 11.2. The lowest BCUT2D eigenvalue weighted by atomic mass is 10.8. The Bertz CT molecular complexity index is 54.3. The van der Waals surface area contributed by atoms with Gasteiger partial charge in [0.15, 0.2) is 0 Å². The van der Waals surface area contributed by atoms with E-state index in [1.807, 2.05) is 0 Å². The molecule has 0 saturated heterocycles. The maximum absolute atomic E-state index is 10.4. The van der Waals surface area contributed by atoms with Gasteiger partial charge >= 0.3 is 0 Å². The van der Waals surface area contributed by atoms with E-state index < -0.39 is 6.18 Å².